The maximum Gasteiger partial charge on any atom is 0.228 e. The van der Waals surface area contributed by atoms with E-state index in [0.29, 0.717) is 13.1 Å². The fraction of sp³-hybridized carbons (Fsp3) is 0.857. The molecular weight excluding hydrogens is 276 g/mol. The maximum absolute atomic E-state index is 12.3. The largest absolute Gasteiger partial charge is 0.391 e. The van der Waals surface area contributed by atoms with Crippen molar-refractivity contribution in [2.24, 2.45) is 17.6 Å². The summed E-state index contributed by atoms with van der Waals surface area (Å²) in [6.07, 6.45) is 0.517. The van der Waals surface area contributed by atoms with E-state index in [1.807, 2.05) is 0 Å². The van der Waals surface area contributed by atoms with E-state index in [-0.39, 0.29) is 18.8 Å². The topological polar surface area (TPSA) is 102 Å². The van der Waals surface area contributed by atoms with Gasteiger partial charge in [-0.25, -0.2) is 0 Å². The number of hydrogen-bond acceptors (Lipinski definition) is 5. The molecule has 0 spiro atoms. The monoisotopic (exact) mass is 302 g/mol. The van der Waals surface area contributed by atoms with Gasteiger partial charge in [-0.3, -0.25) is 9.59 Å². The smallest absolute Gasteiger partial charge is 0.228 e. The van der Waals surface area contributed by atoms with Crippen LogP contribution in [0.1, 0.15) is 26.7 Å². The number of aliphatic hydroxyl groups excluding tert-OH is 1. The van der Waals surface area contributed by atoms with Crippen LogP contribution in [0.4, 0.5) is 0 Å². The fourth-order valence-electron chi connectivity index (χ4n) is 2.44. The van der Waals surface area contributed by atoms with Gasteiger partial charge in [0.05, 0.1) is 24.0 Å². The van der Waals surface area contributed by atoms with Crippen LogP contribution in [0.25, 0.3) is 0 Å². The molecule has 3 atom stereocenters. The molecule has 1 fully saturated rings. The number of carbonyl (C=O) groups is 2. The first-order chi connectivity index (χ1) is 9.88. The molecular formula is C14H26N2O5. The molecule has 0 radical (unpaired) electrons. The van der Waals surface area contributed by atoms with Crippen molar-refractivity contribution >= 4 is 11.8 Å². The number of hydrogen-bond donors (Lipinski definition) is 2. The van der Waals surface area contributed by atoms with E-state index in [9.17, 15) is 14.7 Å². The average Bonchev–Trinajstić information content (AvgIpc) is 2.50. The van der Waals surface area contributed by atoms with Gasteiger partial charge in [0.2, 0.25) is 11.8 Å². The number of piperidine rings is 1. The summed E-state index contributed by atoms with van der Waals surface area (Å²) < 4.78 is 10.3. The molecule has 3 unspecified atom stereocenters. The molecule has 21 heavy (non-hydrogen) atoms. The SMILES string of the molecule is COCOC1CCN(C(=O)C(C)C(O)C(C)C(N)=O)CC1. The normalized spacial score (nSPS) is 20.9. The second-order valence-corrected chi connectivity index (χ2v) is 5.57. The van der Waals surface area contributed by atoms with Crippen LogP contribution in [0.5, 0.6) is 0 Å². The Morgan fingerprint density at radius 1 is 1.29 bits per heavy atom. The third-order valence-electron chi connectivity index (χ3n) is 4.04. The molecule has 122 valence electrons. The van der Waals surface area contributed by atoms with Gasteiger partial charge in [0.1, 0.15) is 6.79 Å². The molecule has 0 aromatic heterocycles. The summed E-state index contributed by atoms with van der Waals surface area (Å²) in [4.78, 5) is 25.1. The summed E-state index contributed by atoms with van der Waals surface area (Å²) in [5.74, 6) is -2.15. The Kier molecular flexibility index (Phi) is 7.07. The molecule has 0 bridgehead atoms. The maximum atomic E-state index is 12.3. The van der Waals surface area contributed by atoms with Crippen LogP contribution >= 0.6 is 0 Å². The van der Waals surface area contributed by atoms with Crippen LogP contribution < -0.4 is 5.73 Å². The summed E-state index contributed by atoms with van der Waals surface area (Å²) in [5, 5.41) is 10.0. The number of carbonyl (C=O) groups excluding carboxylic acids is 2. The van der Waals surface area contributed by atoms with Gasteiger partial charge in [-0.1, -0.05) is 13.8 Å². The minimum atomic E-state index is -1.06. The van der Waals surface area contributed by atoms with Gasteiger partial charge in [0.15, 0.2) is 0 Å². The van der Waals surface area contributed by atoms with Crippen molar-refractivity contribution in [2.75, 3.05) is 27.0 Å². The van der Waals surface area contributed by atoms with E-state index in [1.165, 1.54) is 6.92 Å². The molecule has 1 saturated heterocycles. The van der Waals surface area contributed by atoms with Gasteiger partial charge in [0.25, 0.3) is 0 Å². The lowest BCUT2D eigenvalue weighted by molar-refractivity contribution is -0.145. The number of aliphatic hydroxyl groups is 1. The summed E-state index contributed by atoms with van der Waals surface area (Å²) in [6, 6.07) is 0. The standard InChI is InChI=1S/C14H26N2O5/c1-9(13(15)18)12(17)10(2)14(19)16-6-4-11(5-7-16)21-8-20-3/h9-12,17H,4-8H2,1-3H3,(H2,15,18). The van der Waals surface area contributed by atoms with Crippen molar-refractivity contribution in [3.63, 3.8) is 0 Å². The van der Waals surface area contributed by atoms with Crippen molar-refractivity contribution in [3.05, 3.63) is 0 Å². The van der Waals surface area contributed by atoms with Gasteiger partial charge >= 0.3 is 0 Å². The first kappa shape index (κ1) is 17.9. The molecule has 1 aliphatic heterocycles. The van der Waals surface area contributed by atoms with Gasteiger partial charge in [-0.15, -0.1) is 0 Å². The highest BCUT2D eigenvalue weighted by Crippen LogP contribution is 2.20. The van der Waals surface area contributed by atoms with Crippen molar-refractivity contribution in [1.29, 1.82) is 0 Å². The highest BCUT2D eigenvalue weighted by Gasteiger charge is 2.33. The van der Waals surface area contributed by atoms with Crippen LogP contribution in [0, 0.1) is 11.8 Å². The van der Waals surface area contributed by atoms with E-state index < -0.39 is 23.8 Å². The third kappa shape index (κ3) is 4.94. The van der Waals surface area contributed by atoms with Crippen LogP contribution in [0.15, 0.2) is 0 Å². The number of methoxy groups -OCH3 is 1. The number of rotatable bonds is 7. The first-order valence-electron chi connectivity index (χ1n) is 7.25. The zero-order chi connectivity index (χ0) is 16.0. The molecule has 1 heterocycles. The van der Waals surface area contributed by atoms with E-state index in [1.54, 1.807) is 18.9 Å². The Morgan fingerprint density at radius 2 is 1.86 bits per heavy atom. The van der Waals surface area contributed by atoms with Crippen LogP contribution in [-0.4, -0.2) is 61.0 Å². The first-order valence-corrected chi connectivity index (χ1v) is 7.25. The Hall–Kier alpha value is -1.18. The van der Waals surface area contributed by atoms with Gasteiger partial charge in [-0.05, 0) is 12.8 Å². The van der Waals surface area contributed by atoms with Crippen molar-refractivity contribution < 1.29 is 24.2 Å². The van der Waals surface area contributed by atoms with Crippen molar-refractivity contribution in [3.8, 4) is 0 Å². The zero-order valence-electron chi connectivity index (χ0n) is 12.9. The fourth-order valence-corrected chi connectivity index (χ4v) is 2.44. The molecule has 0 aromatic rings. The molecule has 1 rings (SSSR count). The van der Waals surface area contributed by atoms with Gasteiger partial charge < -0.3 is 25.2 Å². The molecule has 1 aliphatic rings. The lowest BCUT2D eigenvalue weighted by atomic mass is 9.91. The lowest BCUT2D eigenvalue weighted by Crippen LogP contribution is -2.47. The zero-order valence-corrected chi connectivity index (χ0v) is 12.9. The van der Waals surface area contributed by atoms with E-state index in [2.05, 4.69) is 0 Å². The molecule has 7 nitrogen and oxygen atoms in total. The molecule has 0 aliphatic carbocycles. The Morgan fingerprint density at radius 3 is 2.33 bits per heavy atom. The summed E-state index contributed by atoms with van der Waals surface area (Å²) >= 11 is 0. The molecule has 0 aromatic carbocycles. The van der Waals surface area contributed by atoms with Crippen LogP contribution in [0.2, 0.25) is 0 Å². The second kappa shape index (κ2) is 8.31. The third-order valence-corrected chi connectivity index (χ3v) is 4.04. The Bertz CT molecular complexity index is 355. The average molecular weight is 302 g/mol. The number of amides is 2. The lowest BCUT2D eigenvalue weighted by Gasteiger charge is -2.34. The van der Waals surface area contributed by atoms with Crippen molar-refractivity contribution in [1.82, 2.24) is 4.90 Å². The molecule has 3 N–H and O–H groups in total. The molecule has 0 saturated carbocycles. The number of likely N-dealkylation sites (tertiary alicyclic amines) is 1. The Labute approximate surface area is 125 Å². The van der Waals surface area contributed by atoms with Crippen LogP contribution in [0.3, 0.4) is 0 Å². The number of ether oxygens (including phenoxy) is 2. The number of primary amides is 1. The van der Waals surface area contributed by atoms with E-state index in [4.69, 9.17) is 15.2 Å². The van der Waals surface area contributed by atoms with Crippen molar-refractivity contribution in [2.45, 2.75) is 38.9 Å². The highest BCUT2D eigenvalue weighted by molar-refractivity contribution is 5.82. The molecule has 7 heteroatoms. The van der Waals surface area contributed by atoms with Crippen LogP contribution in [-0.2, 0) is 19.1 Å². The highest BCUT2D eigenvalue weighted by atomic mass is 16.7. The minimum Gasteiger partial charge on any atom is -0.391 e. The quantitative estimate of drug-likeness (QED) is 0.630. The van der Waals surface area contributed by atoms with E-state index in [0.717, 1.165) is 12.8 Å². The molecule has 2 amide bonds. The summed E-state index contributed by atoms with van der Waals surface area (Å²) in [7, 11) is 1.57. The predicted molar refractivity (Wildman–Crippen MR) is 76.1 cm³/mol. The minimum absolute atomic E-state index is 0.0961. The summed E-state index contributed by atoms with van der Waals surface area (Å²) in [6.45, 7) is 4.57. The van der Waals surface area contributed by atoms with E-state index >= 15 is 0 Å². The summed E-state index contributed by atoms with van der Waals surface area (Å²) in [5.41, 5.74) is 5.17. The van der Waals surface area contributed by atoms with Gasteiger partial charge in [0, 0.05) is 20.2 Å². The predicted octanol–water partition coefficient (Wildman–Crippen LogP) is -0.284. The number of nitrogens with zero attached hydrogens (tertiary/aromatic N) is 1. The van der Waals surface area contributed by atoms with Gasteiger partial charge in [-0.2, -0.15) is 0 Å². The second-order valence-electron chi connectivity index (χ2n) is 5.57. The Balaban J connectivity index is 2.47. The number of nitrogens with two attached hydrogens (primary N) is 1.